The van der Waals surface area contributed by atoms with Gasteiger partial charge in [0.1, 0.15) is 11.3 Å². The number of imide groups is 2. The summed E-state index contributed by atoms with van der Waals surface area (Å²) >= 11 is 9.14. The Morgan fingerprint density at radius 3 is 2.46 bits per heavy atom. The molecule has 0 spiro atoms. The lowest BCUT2D eigenvalue weighted by Gasteiger charge is -2.26. The van der Waals surface area contributed by atoms with Gasteiger partial charge in [-0.3, -0.25) is 19.7 Å². The van der Waals surface area contributed by atoms with Gasteiger partial charge in [-0.1, -0.05) is 39.7 Å². The zero-order chi connectivity index (χ0) is 24.9. The van der Waals surface area contributed by atoms with E-state index in [1.807, 2.05) is 0 Å². The molecule has 1 fully saturated rings. The van der Waals surface area contributed by atoms with Crippen LogP contribution in [0.5, 0.6) is 5.75 Å². The zero-order valence-corrected chi connectivity index (χ0v) is 20.3. The first kappa shape index (κ1) is 24.2. The molecular weight excluding hydrogens is 538 g/mol. The van der Waals surface area contributed by atoms with E-state index in [4.69, 9.17) is 16.3 Å². The molecule has 0 unspecified atom stereocenters. The molecule has 1 aliphatic heterocycles. The number of nitrogens with one attached hydrogen (secondary N) is 2. The van der Waals surface area contributed by atoms with Crippen LogP contribution in [0.25, 0.3) is 6.08 Å². The molecule has 8 nitrogen and oxygen atoms in total. The van der Waals surface area contributed by atoms with Gasteiger partial charge in [-0.25, -0.2) is 9.69 Å². The highest BCUT2D eigenvalue weighted by molar-refractivity contribution is 9.10. The molecule has 10 heteroatoms. The molecule has 3 aromatic rings. The van der Waals surface area contributed by atoms with E-state index in [2.05, 4.69) is 26.6 Å². The van der Waals surface area contributed by atoms with Gasteiger partial charge in [0.05, 0.1) is 5.69 Å². The molecule has 1 heterocycles. The molecule has 0 atom stereocenters. The topological polar surface area (TPSA) is 105 Å². The standard InChI is InChI=1S/C25H17BrClN3O5/c26-16-4-10-19(11-5-16)30-24(33)21(23(32)29-25(30)34)13-15-2-1-3-20(12-15)35-14-22(31)28-18-8-6-17(27)7-9-18/h1-13H,14H2,(H,28,31)(H,29,32,34)/b21-13-. The number of amides is 5. The number of carbonyl (C=O) groups excluding carboxylic acids is 4. The Morgan fingerprint density at radius 1 is 1.03 bits per heavy atom. The minimum absolute atomic E-state index is 0.217. The molecule has 0 aromatic heterocycles. The molecule has 176 valence electrons. The van der Waals surface area contributed by atoms with Crippen molar-refractivity contribution in [3.8, 4) is 5.75 Å². The Balaban J connectivity index is 1.47. The van der Waals surface area contributed by atoms with Gasteiger partial charge in [-0.05, 0) is 72.3 Å². The number of carbonyl (C=O) groups is 4. The smallest absolute Gasteiger partial charge is 0.335 e. The van der Waals surface area contributed by atoms with E-state index >= 15 is 0 Å². The maximum Gasteiger partial charge on any atom is 0.335 e. The molecule has 0 radical (unpaired) electrons. The second kappa shape index (κ2) is 10.5. The third-order valence-corrected chi connectivity index (χ3v) is 5.63. The fourth-order valence-electron chi connectivity index (χ4n) is 3.22. The van der Waals surface area contributed by atoms with Crippen molar-refractivity contribution in [2.45, 2.75) is 0 Å². The maximum atomic E-state index is 13.0. The Morgan fingerprint density at radius 2 is 1.74 bits per heavy atom. The van der Waals surface area contributed by atoms with E-state index < -0.39 is 17.8 Å². The van der Waals surface area contributed by atoms with Gasteiger partial charge in [-0.2, -0.15) is 0 Å². The summed E-state index contributed by atoms with van der Waals surface area (Å²) in [6, 6.07) is 18.9. The van der Waals surface area contributed by atoms with E-state index in [1.54, 1.807) is 72.8 Å². The summed E-state index contributed by atoms with van der Waals surface area (Å²) in [6.07, 6.45) is 1.36. The number of nitrogens with zero attached hydrogens (tertiary/aromatic N) is 1. The quantitative estimate of drug-likeness (QED) is 0.337. The monoisotopic (exact) mass is 553 g/mol. The number of hydrogen-bond donors (Lipinski definition) is 2. The molecule has 4 rings (SSSR count). The van der Waals surface area contributed by atoms with Crippen molar-refractivity contribution >= 4 is 68.7 Å². The molecule has 0 aliphatic carbocycles. The first-order chi connectivity index (χ1) is 16.8. The maximum absolute atomic E-state index is 13.0. The molecule has 1 aliphatic rings. The van der Waals surface area contributed by atoms with Crippen LogP contribution in [0.3, 0.4) is 0 Å². The van der Waals surface area contributed by atoms with Crippen LogP contribution in [0.4, 0.5) is 16.2 Å². The van der Waals surface area contributed by atoms with Crippen LogP contribution >= 0.6 is 27.5 Å². The lowest BCUT2D eigenvalue weighted by Crippen LogP contribution is -2.54. The average Bonchev–Trinajstić information content (AvgIpc) is 2.83. The largest absolute Gasteiger partial charge is 0.484 e. The summed E-state index contributed by atoms with van der Waals surface area (Å²) < 4.78 is 6.32. The Kier molecular flexibility index (Phi) is 7.28. The Bertz CT molecular complexity index is 1340. The van der Waals surface area contributed by atoms with Gasteiger partial charge in [0.2, 0.25) is 0 Å². The summed E-state index contributed by atoms with van der Waals surface area (Å²) in [5.74, 6) is -1.58. The van der Waals surface area contributed by atoms with Crippen molar-refractivity contribution in [2.75, 3.05) is 16.8 Å². The van der Waals surface area contributed by atoms with Crippen molar-refractivity contribution in [3.63, 3.8) is 0 Å². The van der Waals surface area contributed by atoms with Crippen molar-refractivity contribution in [1.29, 1.82) is 0 Å². The second-order valence-corrected chi connectivity index (χ2v) is 8.70. The number of rotatable bonds is 6. The summed E-state index contributed by atoms with van der Waals surface area (Å²) in [7, 11) is 0. The minimum atomic E-state index is -0.830. The first-order valence-electron chi connectivity index (χ1n) is 10.3. The number of halogens is 2. The second-order valence-electron chi connectivity index (χ2n) is 7.35. The van der Waals surface area contributed by atoms with Gasteiger partial charge in [0.25, 0.3) is 17.7 Å². The van der Waals surface area contributed by atoms with Gasteiger partial charge in [-0.15, -0.1) is 0 Å². The molecule has 3 aromatic carbocycles. The molecular formula is C25H17BrClN3O5. The summed E-state index contributed by atoms with van der Waals surface area (Å²) in [5.41, 5.74) is 1.15. The lowest BCUT2D eigenvalue weighted by molar-refractivity contribution is -0.122. The molecule has 1 saturated heterocycles. The van der Waals surface area contributed by atoms with Crippen molar-refractivity contribution in [1.82, 2.24) is 5.32 Å². The van der Waals surface area contributed by atoms with Crippen LogP contribution in [0.15, 0.2) is 82.8 Å². The van der Waals surface area contributed by atoms with E-state index in [9.17, 15) is 19.2 Å². The van der Waals surface area contributed by atoms with Gasteiger partial charge in [0, 0.05) is 15.2 Å². The van der Waals surface area contributed by atoms with E-state index in [0.29, 0.717) is 27.7 Å². The third-order valence-electron chi connectivity index (χ3n) is 4.85. The van der Waals surface area contributed by atoms with Crippen LogP contribution < -0.4 is 20.3 Å². The highest BCUT2D eigenvalue weighted by Crippen LogP contribution is 2.24. The number of barbiturate groups is 1. The van der Waals surface area contributed by atoms with Gasteiger partial charge < -0.3 is 10.1 Å². The van der Waals surface area contributed by atoms with E-state index in [-0.39, 0.29) is 18.1 Å². The summed E-state index contributed by atoms with van der Waals surface area (Å²) in [4.78, 5) is 50.8. The van der Waals surface area contributed by atoms with E-state index in [1.165, 1.54) is 6.08 Å². The van der Waals surface area contributed by atoms with E-state index in [0.717, 1.165) is 9.37 Å². The minimum Gasteiger partial charge on any atom is -0.484 e. The summed E-state index contributed by atoms with van der Waals surface area (Å²) in [6.45, 7) is -0.256. The molecule has 0 bridgehead atoms. The summed E-state index contributed by atoms with van der Waals surface area (Å²) in [5, 5.41) is 5.42. The molecule has 35 heavy (non-hydrogen) atoms. The average molecular weight is 555 g/mol. The highest BCUT2D eigenvalue weighted by atomic mass is 79.9. The van der Waals surface area contributed by atoms with Crippen LogP contribution in [0, 0.1) is 0 Å². The Hall–Kier alpha value is -3.95. The molecule has 0 saturated carbocycles. The van der Waals surface area contributed by atoms with Crippen LogP contribution in [0.2, 0.25) is 5.02 Å². The van der Waals surface area contributed by atoms with Crippen LogP contribution in [0.1, 0.15) is 5.56 Å². The van der Waals surface area contributed by atoms with Crippen molar-refractivity contribution in [3.05, 3.63) is 93.4 Å². The zero-order valence-electron chi connectivity index (χ0n) is 18.0. The predicted octanol–water partition coefficient (Wildman–Crippen LogP) is 4.79. The number of anilines is 2. The van der Waals surface area contributed by atoms with Crippen LogP contribution in [-0.2, 0) is 14.4 Å². The number of hydrogen-bond acceptors (Lipinski definition) is 5. The normalized spacial score (nSPS) is 14.6. The van der Waals surface area contributed by atoms with Crippen LogP contribution in [-0.4, -0.2) is 30.4 Å². The molecule has 5 amide bonds. The third kappa shape index (κ3) is 5.95. The fourth-order valence-corrected chi connectivity index (χ4v) is 3.61. The fraction of sp³-hybridized carbons (Fsp3) is 0.0400. The number of urea groups is 1. The Labute approximate surface area is 213 Å². The van der Waals surface area contributed by atoms with Crippen molar-refractivity contribution in [2.24, 2.45) is 0 Å². The molecule has 2 N–H and O–H groups in total. The highest BCUT2D eigenvalue weighted by Gasteiger charge is 2.36. The lowest BCUT2D eigenvalue weighted by atomic mass is 10.1. The number of ether oxygens (including phenoxy) is 1. The number of benzene rings is 3. The predicted molar refractivity (Wildman–Crippen MR) is 135 cm³/mol. The van der Waals surface area contributed by atoms with Gasteiger partial charge >= 0.3 is 6.03 Å². The SMILES string of the molecule is O=C(COc1cccc(/C=C2/C(=O)NC(=O)N(c3ccc(Br)cc3)C2=O)c1)Nc1ccc(Cl)cc1. The van der Waals surface area contributed by atoms with Crippen molar-refractivity contribution < 1.29 is 23.9 Å². The van der Waals surface area contributed by atoms with Gasteiger partial charge in [0.15, 0.2) is 6.61 Å². The first-order valence-corrected chi connectivity index (χ1v) is 11.4.